The van der Waals surface area contributed by atoms with Crippen molar-refractivity contribution >= 4 is 5.97 Å². The monoisotopic (exact) mass is 339 g/mol. The number of carbonyl (C=O) groups is 1. The molecule has 0 spiro atoms. The van der Waals surface area contributed by atoms with Crippen molar-refractivity contribution < 1.29 is 19.0 Å². The summed E-state index contributed by atoms with van der Waals surface area (Å²) in [7, 11) is 0. The minimum Gasteiger partial charge on any atom is -0.461 e. The molecule has 2 heterocycles. The summed E-state index contributed by atoms with van der Waals surface area (Å²) < 4.78 is 16.8. The van der Waals surface area contributed by atoms with Gasteiger partial charge in [0.15, 0.2) is 0 Å². The van der Waals surface area contributed by atoms with Crippen LogP contribution in [0.15, 0.2) is 42.5 Å². The Bertz CT molecular complexity index is 768. The third-order valence-electron chi connectivity index (χ3n) is 4.66. The van der Waals surface area contributed by atoms with Crippen molar-refractivity contribution in [3.8, 4) is 11.5 Å². The maximum atomic E-state index is 12.5. The first-order valence-corrected chi connectivity index (χ1v) is 8.66. The van der Waals surface area contributed by atoms with Crippen LogP contribution < -0.4 is 4.74 Å². The van der Waals surface area contributed by atoms with Gasteiger partial charge < -0.3 is 14.2 Å². The largest absolute Gasteiger partial charge is 0.461 e. The third kappa shape index (κ3) is 3.52. The standard InChI is InChI=1S/C20H21NO4/c22-20(24-13-10-21-8-11-23-12-9-21)16-5-3-7-19-17(16)14-15-4-1-2-6-18(15)25-19/h1-7H,8-14H2. The summed E-state index contributed by atoms with van der Waals surface area (Å²) in [6.45, 7) is 4.41. The molecule has 130 valence electrons. The number of carbonyl (C=O) groups excluding carboxylic acids is 1. The van der Waals surface area contributed by atoms with Gasteiger partial charge in [-0.15, -0.1) is 0 Å². The third-order valence-corrected chi connectivity index (χ3v) is 4.66. The molecule has 1 fully saturated rings. The summed E-state index contributed by atoms with van der Waals surface area (Å²) in [6.07, 6.45) is 0.681. The van der Waals surface area contributed by atoms with Crippen LogP contribution in [-0.4, -0.2) is 50.3 Å². The van der Waals surface area contributed by atoms with Crippen LogP contribution in [-0.2, 0) is 15.9 Å². The highest BCUT2D eigenvalue weighted by Crippen LogP contribution is 2.37. The van der Waals surface area contributed by atoms with Gasteiger partial charge in [0.05, 0.1) is 18.8 Å². The Hall–Kier alpha value is -2.37. The molecule has 0 saturated carbocycles. The molecule has 0 aromatic heterocycles. The van der Waals surface area contributed by atoms with Gasteiger partial charge in [0, 0.05) is 31.6 Å². The average molecular weight is 339 g/mol. The molecule has 2 aromatic carbocycles. The zero-order valence-electron chi connectivity index (χ0n) is 14.1. The van der Waals surface area contributed by atoms with Gasteiger partial charge in [0.25, 0.3) is 0 Å². The molecule has 2 aliphatic heterocycles. The number of fused-ring (bicyclic) bond motifs is 2. The van der Waals surface area contributed by atoms with Gasteiger partial charge >= 0.3 is 5.97 Å². The molecule has 0 unspecified atom stereocenters. The molecule has 5 heteroatoms. The molecular formula is C20H21NO4. The number of ether oxygens (including phenoxy) is 3. The van der Waals surface area contributed by atoms with Gasteiger partial charge in [-0.3, -0.25) is 4.90 Å². The fourth-order valence-electron chi connectivity index (χ4n) is 3.26. The van der Waals surface area contributed by atoms with Gasteiger partial charge in [-0.05, 0) is 23.8 Å². The van der Waals surface area contributed by atoms with Crippen LogP contribution in [0.5, 0.6) is 11.5 Å². The van der Waals surface area contributed by atoms with Crippen molar-refractivity contribution in [3.63, 3.8) is 0 Å². The van der Waals surface area contributed by atoms with Crippen LogP contribution in [0.4, 0.5) is 0 Å². The molecule has 0 atom stereocenters. The maximum Gasteiger partial charge on any atom is 0.338 e. The molecule has 1 saturated heterocycles. The summed E-state index contributed by atoms with van der Waals surface area (Å²) in [5, 5.41) is 0. The molecule has 2 aromatic rings. The van der Waals surface area contributed by atoms with Crippen molar-refractivity contribution in [1.82, 2.24) is 4.90 Å². The van der Waals surface area contributed by atoms with Crippen LogP contribution in [0.1, 0.15) is 21.5 Å². The van der Waals surface area contributed by atoms with Crippen molar-refractivity contribution in [2.45, 2.75) is 6.42 Å². The predicted octanol–water partition coefficient (Wildman–Crippen LogP) is 2.87. The Morgan fingerprint density at radius 2 is 1.84 bits per heavy atom. The number of hydrogen-bond donors (Lipinski definition) is 0. The molecule has 0 bridgehead atoms. The van der Waals surface area contributed by atoms with E-state index in [0.717, 1.165) is 55.5 Å². The quantitative estimate of drug-likeness (QED) is 0.684. The fraction of sp³-hybridized carbons (Fsp3) is 0.350. The van der Waals surface area contributed by atoms with E-state index in [1.165, 1.54) is 0 Å². The molecule has 0 amide bonds. The maximum absolute atomic E-state index is 12.5. The Labute approximate surface area is 147 Å². The molecular weight excluding hydrogens is 318 g/mol. The van der Waals surface area contributed by atoms with E-state index in [2.05, 4.69) is 4.90 Å². The Morgan fingerprint density at radius 3 is 2.72 bits per heavy atom. The van der Waals surface area contributed by atoms with Crippen molar-refractivity contribution in [2.24, 2.45) is 0 Å². The second-order valence-electron chi connectivity index (χ2n) is 6.26. The Morgan fingerprint density at radius 1 is 1.04 bits per heavy atom. The SMILES string of the molecule is O=C(OCCN1CCOCC1)c1cccc2c1Cc1ccccc1O2. The molecule has 5 nitrogen and oxygen atoms in total. The lowest BCUT2D eigenvalue weighted by Crippen LogP contribution is -2.38. The zero-order chi connectivity index (χ0) is 17.1. The summed E-state index contributed by atoms with van der Waals surface area (Å²) in [6, 6.07) is 13.5. The normalized spacial score (nSPS) is 16.5. The highest BCUT2D eigenvalue weighted by atomic mass is 16.5. The molecule has 0 radical (unpaired) electrons. The number of para-hydroxylation sites is 1. The van der Waals surface area contributed by atoms with E-state index in [1.54, 1.807) is 0 Å². The van der Waals surface area contributed by atoms with E-state index < -0.39 is 0 Å². The summed E-state index contributed by atoms with van der Waals surface area (Å²) in [5.41, 5.74) is 2.58. The molecule has 25 heavy (non-hydrogen) atoms. The van der Waals surface area contributed by atoms with Gasteiger partial charge in [-0.25, -0.2) is 4.79 Å². The number of rotatable bonds is 4. The first kappa shape index (κ1) is 16.1. The smallest absolute Gasteiger partial charge is 0.338 e. The van der Waals surface area contributed by atoms with E-state index >= 15 is 0 Å². The number of benzene rings is 2. The lowest BCUT2D eigenvalue weighted by molar-refractivity contribution is 0.0195. The summed E-state index contributed by atoms with van der Waals surface area (Å²) in [4.78, 5) is 14.8. The number of nitrogens with zero attached hydrogens (tertiary/aromatic N) is 1. The van der Waals surface area contributed by atoms with E-state index in [4.69, 9.17) is 14.2 Å². The van der Waals surface area contributed by atoms with Gasteiger partial charge in [-0.2, -0.15) is 0 Å². The van der Waals surface area contributed by atoms with Crippen LogP contribution in [0.25, 0.3) is 0 Å². The van der Waals surface area contributed by atoms with Gasteiger partial charge in [0.2, 0.25) is 0 Å². The van der Waals surface area contributed by atoms with Crippen LogP contribution in [0.3, 0.4) is 0 Å². The van der Waals surface area contributed by atoms with E-state index in [0.29, 0.717) is 18.6 Å². The molecule has 4 rings (SSSR count). The van der Waals surface area contributed by atoms with E-state index in [-0.39, 0.29) is 5.97 Å². The summed E-state index contributed by atoms with van der Waals surface area (Å²) >= 11 is 0. The van der Waals surface area contributed by atoms with Crippen molar-refractivity contribution in [3.05, 3.63) is 59.2 Å². The highest BCUT2D eigenvalue weighted by molar-refractivity contribution is 5.92. The topological polar surface area (TPSA) is 48.0 Å². The first-order valence-electron chi connectivity index (χ1n) is 8.66. The second kappa shape index (κ2) is 7.25. The second-order valence-corrected chi connectivity index (χ2v) is 6.26. The first-order chi connectivity index (χ1) is 12.3. The lowest BCUT2D eigenvalue weighted by atomic mass is 9.96. The van der Waals surface area contributed by atoms with Gasteiger partial charge in [-0.1, -0.05) is 24.3 Å². The number of hydrogen-bond acceptors (Lipinski definition) is 5. The molecule has 0 N–H and O–H groups in total. The average Bonchev–Trinajstić information content (AvgIpc) is 2.66. The Kier molecular flexibility index (Phi) is 4.68. The van der Waals surface area contributed by atoms with Crippen LogP contribution >= 0.6 is 0 Å². The predicted molar refractivity (Wildman–Crippen MR) is 93.3 cm³/mol. The van der Waals surface area contributed by atoms with Crippen LogP contribution in [0.2, 0.25) is 0 Å². The van der Waals surface area contributed by atoms with E-state index in [9.17, 15) is 4.79 Å². The lowest BCUT2D eigenvalue weighted by Gasteiger charge is -2.26. The fourth-order valence-corrected chi connectivity index (χ4v) is 3.26. The summed E-state index contributed by atoms with van der Waals surface area (Å²) in [5.74, 6) is 1.31. The van der Waals surface area contributed by atoms with Crippen LogP contribution in [0, 0.1) is 0 Å². The van der Waals surface area contributed by atoms with Crippen molar-refractivity contribution in [2.75, 3.05) is 39.5 Å². The Balaban J connectivity index is 1.43. The number of morpholine rings is 1. The molecule has 0 aliphatic carbocycles. The minimum atomic E-state index is -0.284. The van der Waals surface area contributed by atoms with E-state index in [1.807, 2.05) is 42.5 Å². The zero-order valence-corrected chi connectivity index (χ0v) is 14.1. The number of esters is 1. The van der Waals surface area contributed by atoms with Crippen molar-refractivity contribution in [1.29, 1.82) is 0 Å². The minimum absolute atomic E-state index is 0.284. The van der Waals surface area contributed by atoms with Gasteiger partial charge in [0.1, 0.15) is 18.1 Å². The molecule has 2 aliphatic rings. The highest BCUT2D eigenvalue weighted by Gasteiger charge is 2.23.